The van der Waals surface area contributed by atoms with Gasteiger partial charge in [0.1, 0.15) is 0 Å². The molecule has 9 nitrogen and oxygen atoms in total. The minimum absolute atomic E-state index is 0.161. The summed E-state index contributed by atoms with van der Waals surface area (Å²) < 4.78 is 16.1. The van der Waals surface area contributed by atoms with Crippen LogP contribution in [0, 0.1) is 5.92 Å². The molecular formula is C23H25N3O6S. The molecule has 0 saturated carbocycles. The van der Waals surface area contributed by atoms with Crippen LogP contribution in [-0.2, 0) is 0 Å². The van der Waals surface area contributed by atoms with E-state index in [2.05, 4.69) is 30.0 Å². The molecule has 2 heterocycles. The van der Waals surface area contributed by atoms with Crippen molar-refractivity contribution in [1.29, 1.82) is 0 Å². The number of benzene rings is 1. The SMILES string of the molecule is COc1cc(C(=O)NNC(=O)c2ccc(NC(=O)c3ccco3)s2)ccc1OCCC(C)C. The van der Waals surface area contributed by atoms with Crippen molar-refractivity contribution in [1.82, 2.24) is 10.9 Å². The van der Waals surface area contributed by atoms with E-state index in [0.717, 1.165) is 17.8 Å². The lowest BCUT2D eigenvalue weighted by Gasteiger charge is -2.13. The number of hydrazine groups is 1. The summed E-state index contributed by atoms with van der Waals surface area (Å²) in [7, 11) is 1.49. The molecule has 0 atom stereocenters. The van der Waals surface area contributed by atoms with Crippen LogP contribution < -0.4 is 25.6 Å². The van der Waals surface area contributed by atoms with Crippen molar-refractivity contribution in [3.63, 3.8) is 0 Å². The third-order valence-electron chi connectivity index (χ3n) is 4.48. The fourth-order valence-corrected chi connectivity index (χ4v) is 3.48. The van der Waals surface area contributed by atoms with Crippen molar-refractivity contribution < 1.29 is 28.3 Å². The smallest absolute Gasteiger partial charge is 0.291 e. The zero-order chi connectivity index (χ0) is 23.8. The predicted molar refractivity (Wildman–Crippen MR) is 124 cm³/mol. The molecule has 33 heavy (non-hydrogen) atoms. The van der Waals surface area contributed by atoms with Crippen molar-refractivity contribution in [2.45, 2.75) is 20.3 Å². The number of hydrogen-bond donors (Lipinski definition) is 3. The van der Waals surface area contributed by atoms with E-state index in [0.29, 0.717) is 39.5 Å². The molecule has 174 valence electrons. The summed E-state index contributed by atoms with van der Waals surface area (Å²) in [5, 5.41) is 3.11. The number of furan rings is 1. The molecule has 0 saturated heterocycles. The van der Waals surface area contributed by atoms with Crippen LogP contribution in [0.15, 0.2) is 53.1 Å². The number of anilines is 1. The molecule has 0 spiro atoms. The van der Waals surface area contributed by atoms with Gasteiger partial charge in [-0.25, -0.2) is 0 Å². The number of nitrogens with one attached hydrogen (secondary N) is 3. The lowest BCUT2D eigenvalue weighted by Crippen LogP contribution is -2.41. The van der Waals surface area contributed by atoms with Gasteiger partial charge in [-0.1, -0.05) is 13.8 Å². The quantitative estimate of drug-likeness (QED) is 0.404. The van der Waals surface area contributed by atoms with Gasteiger partial charge < -0.3 is 19.2 Å². The second kappa shape index (κ2) is 11.2. The largest absolute Gasteiger partial charge is 0.493 e. The Labute approximate surface area is 195 Å². The first-order valence-corrected chi connectivity index (χ1v) is 11.0. The summed E-state index contributed by atoms with van der Waals surface area (Å²) in [6.45, 7) is 4.76. The maximum absolute atomic E-state index is 12.5. The zero-order valence-electron chi connectivity index (χ0n) is 18.5. The van der Waals surface area contributed by atoms with Gasteiger partial charge in [-0.15, -0.1) is 11.3 Å². The topological polar surface area (TPSA) is 119 Å². The van der Waals surface area contributed by atoms with Crippen LogP contribution >= 0.6 is 11.3 Å². The van der Waals surface area contributed by atoms with Crippen LogP contribution in [0.4, 0.5) is 5.00 Å². The van der Waals surface area contributed by atoms with E-state index < -0.39 is 17.7 Å². The fraction of sp³-hybridized carbons (Fsp3) is 0.261. The minimum Gasteiger partial charge on any atom is -0.493 e. The van der Waals surface area contributed by atoms with E-state index in [1.54, 1.807) is 30.3 Å². The first kappa shape index (κ1) is 23.9. The van der Waals surface area contributed by atoms with E-state index in [-0.39, 0.29) is 5.76 Å². The lowest BCUT2D eigenvalue weighted by atomic mass is 10.1. The first-order chi connectivity index (χ1) is 15.9. The number of amides is 3. The van der Waals surface area contributed by atoms with Crippen LogP contribution in [0.5, 0.6) is 11.5 Å². The molecule has 10 heteroatoms. The normalized spacial score (nSPS) is 10.5. The van der Waals surface area contributed by atoms with Crippen LogP contribution in [-0.4, -0.2) is 31.4 Å². The molecule has 0 unspecified atom stereocenters. The van der Waals surface area contributed by atoms with E-state index in [9.17, 15) is 14.4 Å². The van der Waals surface area contributed by atoms with Gasteiger partial charge in [-0.05, 0) is 54.8 Å². The van der Waals surface area contributed by atoms with Crippen LogP contribution in [0.1, 0.15) is 50.9 Å². The van der Waals surface area contributed by atoms with Gasteiger partial charge >= 0.3 is 0 Å². The van der Waals surface area contributed by atoms with E-state index in [1.165, 1.54) is 25.5 Å². The molecule has 0 aliphatic heterocycles. The highest BCUT2D eigenvalue weighted by molar-refractivity contribution is 7.18. The molecule has 3 rings (SSSR count). The Morgan fingerprint density at radius 1 is 1.00 bits per heavy atom. The molecule has 0 aliphatic carbocycles. The highest BCUT2D eigenvalue weighted by atomic mass is 32.1. The van der Waals surface area contributed by atoms with Gasteiger partial charge in [-0.2, -0.15) is 0 Å². The number of ether oxygens (including phenoxy) is 2. The van der Waals surface area contributed by atoms with E-state index >= 15 is 0 Å². The Kier molecular flexibility index (Phi) is 8.09. The highest BCUT2D eigenvalue weighted by Crippen LogP contribution is 2.28. The lowest BCUT2D eigenvalue weighted by molar-refractivity contribution is 0.0848. The van der Waals surface area contributed by atoms with Gasteiger partial charge in [0.15, 0.2) is 17.3 Å². The van der Waals surface area contributed by atoms with Gasteiger partial charge in [0, 0.05) is 5.56 Å². The van der Waals surface area contributed by atoms with Crippen LogP contribution in [0.3, 0.4) is 0 Å². The minimum atomic E-state index is -0.521. The highest BCUT2D eigenvalue weighted by Gasteiger charge is 2.16. The van der Waals surface area contributed by atoms with E-state index in [1.807, 2.05) is 0 Å². The Morgan fingerprint density at radius 3 is 2.48 bits per heavy atom. The summed E-state index contributed by atoms with van der Waals surface area (Å²) in [5.74, 6) is 0.178. The summed E-state index contributed by atoms with van der Waals surface area (Å²) >= 11 is 1.06. The summed E-state index contributed by atoms with van der Waals surface area (Å²) in [6.07, 6.45) is 2.29. The zero-order valence-corrected chi connectivity index (χ0v) is 19.3. The summed E-state index contributed by atoms with van der Waals surface area (Å²) in [5.41, 5.74) is 5.02. The molecular weight excluding hydrogens is 446 g/mol. The standard InChI is InChI=1S/C23H25N3O6S/c1-14(2)10-12-32-16-7-6-15(13-18(16)30-3)21(27)25-26-23(29)19-8-9-20(33-19)24-22(28)17-5-4-11-31-17/h4-9,11,13-14H,10,12H2,1-3H3,(H,24,28)(H,25,27)(H,26,29). The monoisotopic (exact) mass is 471 g/mol. The summed E-state index contributed by atoms with van der Waals surface area (Å²) in [6, 6.07) is 11.0. The Morgan fingerprint density at radius 2 is 1.79 bits per heavy atom. The number of carbonyl (C=O) groups excluding carboxylic acids is 3. The van der Waals surface area contributed by atoms with E-state index in [4.69, 9.17) is 13.9 Å². The molecule has 0 aliphatic rings. The molecule has 3 N–H and O–H groups in total. The maximum atomic E-state index is 12.5. The van der Waals surface area contributed by atoms with Crippen molar-refractivity contribution in [3.05, 3.63) is 64.9 Å². The Balaban J connectivity index is 1.54. The second-order valence-corrected chi connectivity index (χ2v) is 8.48. The van der Waals surface area contributed by atoms with Crippen molar-refractivity contribution in [3.8, 4) is 11.5 Å². The molecule has 3 aromatic rings. The third-order valence-corrected chi connectivity index (χ3v) is 5.48. The molecule has 3 amide bonds. The number of methoxy groups -OCH3 is 1. The van der Waals surface area contributed by atoms with Gasteiger partial charge in [0.05, 0.1) is 29.9 Å². The molecule has 2 aromatic heterocycles. The van der Waals surface area contributed by atoms with Crippen LogP contribution in [0.25, 0.3) is 0 Å². The van der Waals surface area contributed by atoms with Crippen LogP contribution in [0.2, 0.25) is 0 Å². The fourth-order valence-electron chi connectivity index (χ4n) is 2.69. The first-order valence-electron chi connectivity index (χ1n) is 10.2. The average molecular weight is 472 g/mol. The van der Waals surface area contributed by atoms with Gasteiger partial charge in [0.25, 0.3) is 17.7 Å². The molecule has 0 fully saturated rings. The molecule has 1 aromatic carbocycles. The average Bonchev–Trinajstić information content (AvgIpc) is 3.49. The molecule has 0 bridgehead atoms. The van der Waals surface area contributed by atoms with Gasteiger partial charge in [-0.3, -0.25) is 25.2 Å². The second-order valence-electron chi connectivity index (χ2n) is 7.40. The summed E-state index contributed by atoms with van der Waals surface area (Å²) in [4.78, 5) is 37.1. The van der Waals surface area contributed by atoms with Crippen molar-refractivity contribution in [2.75, 3.05) is 19.0 Å². The Bertz CT molecular complexity index is 1110. The number of thiophene rings is 1. The van der Waals surface area contributed by atoms with Crippen molar-refractivity contribution >= 4 is 34.1 Å². The van der Waals surface area contributed by atoms with Crippen molar-refractivity contribution in [2.24, 2.45) is 5.92 Å². The predicted octanol–water partition coefficient (Wildman–Crippen LogP) is 4.10. The Hall–Kier alpha value is -3.79. The maximum Gasteiger partial charge on any atom is 0.291 e. The molecule has 0 radical (unpaired) electrons. The van der Waals surface area contributed by atoms with Gasteiger partial charge in [0.2, 0.25) is 0 Å². The number of carbonyl (C=O) groups is 3. The number of rotatable bonds is 9. The number of hydrogen-bond acceptors (Lipinski definition) is 7. The third kappa shape index (κ3) is 6.59.